The van der Waals surface area contributed by atoms with Crippen LogP contribution in [-0.4, -0.2) is 4.98 Å². The fourth-order valence-electron chi connectivity index (χ4n) is 5.82. The second-order valence-corrected chi connectivity index (χ2v) is 12.2. The fraction of sp³-hybridized carbons (Fsp3) is 0. The van der Waals surface area contributed by atoms with E-state index in [0.29, 0.717) is 6.01 Å². The van der Waals surface area contributed by atoms with Gasteiger partial charge in [-0.3, -0.25) is 4.90 Å². The number of aromatic nitrogens is 1. The molecule has 0 radical (unpaired) electrons. The van der Waals surface area contributed by atoms with E-state index in [0.717, 1.165) is 33.2 Å². The number of hydrogen-bond acceptors (Lipinski definition) is 5. The van der Waals surface area contributed by atoms with Crippen LogP contribution < -0.4 is 4.90 Å². The van der Waals surface area contributed by atoms with Crippen LogP contribution in [0.1, 0.15) is 0 Å². The number of nitrogens with zero attached hydrogens (tertiary/aromatic N) is 2. The van der Waals surface area contributed by atoms with Crippen LogP contribution in [0, 0.1) is 0 Å². The molecule has 9 rings (SSSR count). The van der Waals surface area contributed by atoms with Crippen LogP contribution in [0.5, 0.6) is 0 Å². The van der Waals surface area contributed by atoms with Crippen molar-refractivity contribution in [2.45, 2.75) is 0 Å². The van der Waals surface area contributed by atoms with Gasteiger partial charge in [0, 0.05) is 45.7 Å². The third-order valence-electron chi connectivity index (χ3n) is 7.70. The minimum atomic E-state index is 0.562. The quantitative estimate of drug-likeness (QED) is 0.220. The molecule has 0 N–H and O–H groups in total. The first-order valence-corrected chi connectivity index (χ1v) is 14.8. The van der Waals surface area contributed by atoms with E-state index >= 15 is 0 Å². The van der Waals surface area contributed by atoms with E-state index in [1.165, 1.54) is 40.3 Å². The Morgan fingerprint density at radius 3 is 1.70 bits per heavy atom. The Kier molecular flexibility index (Phi) is 4.65. The topological polar surface area (TPSA) is 29.3 Å². The van der Waals surface area contributed by atoms with Crippen molar-refractivity contribution in [3.8, 4) is 0 Å². The molecule has 5 heteroatoms. The molecule has 3 aromatic heterocycles. The molecule has 3 nitrogen and oxygen atoms in total. The van der Waals surface area contributed by atoms with E-state index in [1.807, 2.05) is 34.8 Å². The predicted octanol–water partition coefficient (Wildman–Crippen LogP) is 11.2. The van der Waals surface area contributed by atoms with E-state index in [-0.39, 0.29) is 0 Å². The lowest BCUT2D eigenvalue weighted by atomic mass is 10.1. The van der Waals surface area contributed by atoms with Crippen molar-refractivity contribution in [3.05, 3.63) is 121 Å². The molecule has 0 fully saturated rings. The summed E-state index contributed by atoms with van der Waals surface area (Å²) in [4.78, 5) is 7.18. The average molecular weight is 549 g/mol. The van der Waals surface area contributed by atoms with Crippen LogP contribution in [0.15, 0.2) is 126 Å². The second kappa shape index (κ2) is 8.39. The fourth-order valence-corrected chi connectivity index (χ4v) is 8.10. The maximum absolute atomic E-state index is 6.62. The monoisotopic (exact) mass is 548 g/mol. The van der Waals surface area contributed by atoms with E-state index in [2.05, 4.69) is 114 Å². The SMILES string of the molecule is c1ccc2c(c1)ccc1nc(N(c3ccc4c(c3)sc3ccccc34)c3ccc4c(c3)sc3ccccc34)oc12. The molecular formula is C35H20N2OS2. The predicted molar refractivity (Wildman–Crippen MR) is 172 cm³/mol. The number of fused-ring (bicyclic) bond motifs is 9. The highest BCUT2D eigenvalue weighted by Crippen LogP contribution is 2.43. The van der Waals surface area contributed by atoms with Crippen LogP contribution in [-0.2, 0) is 0 Å². The van der Waals surface area contributed by atoms with Crippen molar-refractivity contribution in [1.82, 2.24) is 4.98 Å². The summed E-state index contributed by atoms with van der Waals surface area (Å²) in [5, 5.41) is 7.34. The molecule has 0 saturated heterocycles. The summed E-state index contributed by atoms with van der Waals surface area (Å²) in [6.07, 6.45) is 0. The van der Waals surface area contributed by atoms with Crippen molar-refractivity contribution < 1.29 is 4.42 Å². The van der Waals surface area contributed by atoms with Crippen LogP contribution in [0.4, 0.5) is 17.4 Å². The highest BCUT2D eigenvalue weighted by Gasteiger charge is 2.21. The van der Waals surface area contributed by atoms with Gasteiger partial charge in [0.15, 0.2) is 5.58 Å². The Bertz CT molecular complexity index is 2300. The van der Waals surface area contributed by atoms with Crippen molar-refractivity contribution in [3.63, 3.8) is 0 Å². The summed E-state index contributed by atoms with van der Waals surface area (Å²) in [5.74, 6) is 0. The Labute approximate surface area is 237 Å². The first kappa shape index (κ1) is 22.1. The summed E-state index contributed by atoms with van der Waals surface area (Å²) in [6, 6.07) is 43.6. The average Bonchev–Trinajstić information content (AvgIpc) is 3.70. The van der Waals surface area contributed by atoms with Gasteiger partial charge in [0.2, 0.25) is 0 Å². The van der Waals surface area contributed by atoms with E-state index in [4.69, 9.17) is 9.40 Å². The van der Waals surface area contributed by atoms with Crippen molar-refractivity contribution in [2.75, 3.05) is 4.90 Å². The van der Waals surface area contributed by atoms with E-state index in [1.54, 1.807) is 0 Å². The Balaban J connectivity index is 1.30. The van der Waals surface area contributed by atoms with Gasteiger partial charge in [0.25, 0.3) is 0 Å². The molecule has 0 atom stereocenters. The van der Waals surface area contributed by atoms with Gasteiger partial charge in [-0.1, -0.05) is 78.9 Å². The molecule has 0 saturated carbocycles. The molecule has 188 valence electrons. The first-order chi connectivity index (χ1) is 19.8. The highest BCUT2D eigenvalue weighted by molar-refractivity contribution is 7.26. The third kappa shape index (κ3) is 3.25. The molecular weight excluding hydrogens is 529 g/mol. The zero-order valence-electron chi connectivity index (χ0n) is 21.2. The molecule has 3 heterocycles. The van der Waals surface area contributed by atoms with Gasteiger partial charge >= 0.3 is 6.01 Å². The van der Waals surface area contributed by atoms with Gasteiger partial charge in [0.05, 0.1) is 11.4 Å². The third-order valence-corrected chi connectivity index (χ3v) is 9.97. The van der Waals surface area contributed by atoms with E-state index in [9.17, 15) is 0 Å². The molecule has 0 unspecified atom stereocenters. The summed E-state index contributed by atoms with van der Waals surface area (Å²) in [5.41, 5.74) is 3.71. The van der Waals surface area contributed by atoms with Crippen molar-refractivity contribution >= 4 is 102 Å². The zero-order chi connectivity index (χ0) is 26.2. The second-order valence-electron chi connectivity index (χ2n) is 10.0. The summed E-state index contributed by atoms with van der Waals surface area (Å²) < 4.78 is 11.7. The Morgan fingerprint density at radius 1 is 0.500 bits per heavy atom. The Hall–Kier alpha value is -4.71. The first-order valence-electron chi connectivity index (χ1n) is 13.2. The summed E-state index contributed by atoms with van der Waals surface area (Å²) >= 11 is 3.64. The molecule has 0 spiro atoms. The lowest BCUT2D eigenvalue weighted by molar-refractivity contribution is 0.611. The minimum Gasteiger partial charge on any atom is -0.422 e. The van der Waals surface area contributed by atoms with Gasteiger partial charge in [0.1, 0.15) is 5.52 Å². The molecule has 9 aromatic rings. The summed E-state index contributed by atoms with van der Waals surface area (Å²) in [7, 11) is 0. The molecule has 0 amide bonds. The van der Waals surface area contributed by atoms with Crippen LogP contribution in [0.2, 0.25) is 0 Å². The molecule has 0 aliphatic heterocycles. The van der Waals surface area contributed by atoms with Crippen molar-refractivity contribution in [1.29, 1.82) is 0 Å². The van der Waals surface area contributed by atoms with E-state index < -0.39 is 0 Å². The normalized spacial score (nSPS) is 12.0. The highest BCUT2D eigenvalue weighted by atomic mass is 32.1. The molecule has 0 aliphatic rings. The number of hydrogen-bond donors (Lipinski definition) is 0. The van der Waals surface area contributed by atoms with Gasteiger partial charge in [-0.25, -0.2) is 0 Å². The molecule has 0 aliphatic carbocycles. The van der Waals surface area contributed by atoms with Crippen molar-refractivity contribution in [2.24, 2.45) is 0 Å². The Morgan fingerprint density at radius 2 is 1.05 bits per heavy atom. The number of benzene rings is 6. The van der Waals surface area contributed by atoms with Gasteiger partial charge in [-0.15, -0.1) is 22.7 Å². The molecule has 6 aromatic carbocycles. The van der Waals surface area contributed by atoms with Crippen LogP contribution in [0.25, 0.3) is 62.2 Å². The maximum atomic E-state index is 6.62. The lowest BCUT2D eigenvalue weighted by Gasteiger charge is -2.21. The number of rotatable bonds is 3. The van der Waals surface area contributed by atoms with Crippen LogP contribution >= 0.6 is 22.7 Å². The van der Waals surface area contributed by atoms with Gasteiger partial charge in [-0.2, -0.15) is 4.98 Å². The standard InChI is InChI=1S/C35H20N2OS2/c1-2-8-24-21(7-1)13-18-29-34(24)38-35(36-29)37(22-14-16-27-25-9-3-5-11-30(25)39-32(27)19-22)23-15-17-28-26-10-4-6-12-31(26)40-33(28)20-23/h1-20H. The smallest absolute Gasteiger partial charge is 0.307 e. The maximum Gasteiger partial charge on any atom is 0.307 e. The number of oxazole rings is 1. The van der Waals surface area contributed by atoms with Gasteiger partial charge < -0.3 is 4.42 Å². The lowest BCUT2D eigenvalue weighted by Crippen LogP contribution is -2.10. The van der Waals surface area contributed by atoms with Gasteiger partial charge in [-0.05, 0) is 47.9 Å². The molecule has 40 heavy (non-hydrogen) atoms. The number of thiophene rings is 2. The van der Waals surface area contributed by atoms with Crippen LogP contribution in [0.3, 0.4) is 0 Å². The molecule has 0 bridgehead atoms. The largest absolute Gasteiger partial charge is 0.422 e. The number of anilines is 3. The minimum absolute atomic E-state index is 0.562. The zero-order valence-corrected chi connectivity index (χ0v) is 22.8. The summed E-state index contributed by atoms with van der Waals surface area (Å²) in [6.45, 7) is 0.